The molecule has 0 spiro atoms. The zero-order chi connectivity index (χ0) is 11.5. The molecule has 2 aromatic rings. The fourth-order valence-electron chi connectivity index (χ4n) is 1.89. The number of aryl methyl sites for hydroxylation is 1. The number of rotatable bonds is 3. The Bertz CT molecular complexity index is 509. The van der Waals surface area contributed by atoms with E-state index in [1.54, 1.807) is 7.11 Å². The van der Waals surface area contributed by atoms with Gasteiger partial charge < -0.3 is 10.1 Å². The minimum Gasteiger partial charge on any atom is -0.380 e. The molecule has 0 bridgehead atoms. The highest BCUT2D eigenvalue weighted by Crippen LogP contribution is 2.22. The van der Waals surface area contributed by atoms with E-state index in [1.807, 2.05) is 19.2 Å². The van der Waals surface area contributed by atoms with Gasteiger partial charge in [-0.15, -0.1) is 0 Å². The van der Waals surface area contributed by atoms with E-state index in [4.69, 9.17) is 4.74 Å². The van der Waals surface area contributed by atoms with E-state index in [0.717, 1.165) is 27.8 Å². The van der Waals surface area contributed by atoms with Gasteiger partial charge in [0.05, 0.1) is 12.1 Å². The molecule has 0 aliphatic heterocycles. The van der Waals surface area contributed by atoms with Crippen LogP contribution in [0.3, 0.4) is 0 Å². The normalized spacial score (nSPS) is 10.7. The summed E-state index contributed by atoms with van der Waals surface area (Å²) in [6, 6.07) is 8.31. The van der Waals surface area contributed by atoms with Gasteiger partial charge in [-0.05, 0) is 18.6 Å². The molecule has 0 aliphatic carbocycles. The monoisotopic (exact) mass is 216 g/mol. The molecular formula is C13H16N2O. The molecule has 1 aromatic carbocycles. The van der Waals surface area contributed by atoms with Crippen LogP contribution in [0.15, 0.2) is 24.3 Å². The summed E-state index contributed by atoms with van der Waals surface area (Å²) in [5.74, 6) is 0.927. The van der Waals surface area contributed by atoms with E-state index < -0.39 is 0 Å². The molecule has 0 aliphatic rings. The summed E-state index contributed by atoms with van der Waals surface area (Å²) in [4.78, 5) is 4.62. The van der Waals surface area contributed by atoms with Gasteiger partial charge in [0.2, 0.25) is 0 Å². The van der Waals surface area contributed by atoms with Crippen molar-refractivity contribution in [1.82, 2.24) is 4.98 Å². The van der Waals surface area contributed by atoms with Gasteiger partial charge >= 0.3 is 0 Å². The molecular weight excluding hydrogens is 200 g/mol. The minimum atomic E-state index is 0.594. The number of para-hydroxylation sites is 1. The third-order valence-electron chi connectivity index (χ3n) is 2.66. The molecule has 3 heteroatoms. The molecule has 0 saturated carbocycles. The van der Waals surface area contributed by atoms with Crippen LogP contribution in [0.4, 0.5) is 5.82 Å². The largest absolute Gasteiger partial charge is 0.380 e. The first-order valence-corrected chi connectivity index (χ1v) is 5.32. The second kappa shape index (κ2) is 4.49. The Balaban J connectivity index is 2.66. The average Bonchev–Trinajstić information content (AvgIpc) is 2.29. The number of hydrogen-bond donors (Lipinski definition) is 1. The van der Waals surface area contributed by atoms with E-state index in [-0.39, 0.29) is 0 Å². The molecule has 16 heavy (non-hydrogen) atoms. The first kappa shape index (κ1) is 10.9. The van der Waals surface area contributed by atoms with Gasteiger partial charge in [0.15, 0.2) is 0 Å². The molecule has 3 nitrogen and oxygen atoms in total. The molecule has 0 radical (unpaired) electrons. The second-order valence-corrected chi connectivity index (χ2v) is 3.83. The first-order valence-electron chi connectivity index (χ1n) is 5.32. The molecule has 1 aromatic heterocycles. The topological polar surface area (TPSA) is 34.2 Å². The Morgan fingerprint density at radius 3 is 2.88 bits per heavy atom. The Morgan fingerprint density at radius 2 is 2.19 bits per heavy atom. The van der Waals surface area contributed by atoms with Gasteiger partial charge in [0.1, 0.15) is 5.82 Å². The zero-order valence-electron chi connectivity index (χ0n) is 9.87. The fourth-order valence-corrected chi connectivity index (χ4v) is 1.89. The zero-order valence-corrected chi connectivity index (χ0v) is 9.87. The number of anilines is 1. The van der Waals surface area contributed by atoms with Crippen molar-refractivity contribution in [3.05, 3.63) is 35.4 Å². The maximum Gasteiger partial charge on any atom is 0.129 e. The van der Waals surface area contributed by atoms with E-state index in [9.17, 15) is 0 Å². The maximum absolute atomic E-state index is 5.18. The number of benzene rings is 1. The van der Waals surface area contributed by atoms with Crippen molar-refractivity contribution in [2.45, 2.75) is 13.5 Å². The Hall–Kier alpha value is -1.61. The summed E-state index contributed by atoms with van der Waals surface area (Å²) >= 11 is 0. The van der Waals surface area contributed by atoms with Gasteiger partial charge in [-0.25, -0.2) is 4.98 Å². The lowest BCUT2D eigenvalue weighted by molar-refractivity contribution is 0.186. The van der Waals surface area contributed by atoms with Crippen molar-refractivity contribution in [2.75, 3.05) is 19.5 Å². The third kappa shape index (κ3) is 1.86. The summed E-state index contributed by atoms with van der Waals surface area (Å²) in [6.07, 6.45) is 0. The van der Waals surface area contributed by atoms with Crippen molar-refractivity contribution in [3.8, 4) is 0 Å². The Morgan fingerprint density at radius 1 is 1.38 bits per heavy atom. The number of pyridine rings is 1. The van der Waals surface area contributed by atoms with Gasteiger partial charge in [-0.3, -0.25) is 0 Å². The number of nitrogens with zero attached hydrogens (tertiary/aromatic N) is 1. The molecule has 0 amide bonds. The van der Waals surface area contributed by atoms with Crippen LogP contribution in [-0.4, -0.2) is 19.1 Å². The number of aromatic nitrogens is 1. The summed E-state index contributed by atoms with van der Waals surface area (Å²) in [7, 11) is 3.59. The maximum atomic E-state index is 5.18. The van der Waals surface area contributed by atoms with Crippen LogP contribution in [0.1, 0.15) is 11.1 Å². The van der Waals surface area contributed by atoms with Crippen LogP contribution in [0.2, 0.25) is 0 Å². The van der Waals surface area contributed by atoms with Crippen molar-refractivity contribution in [1.29, 1.82) is 0 Å². The molecule has 0 saturated heterocycles. The molecule has 0 unspecified atom stereocenters. The first-order chi connectivity index (χ1) is 7.76. The lowest BCUT2D eigenvalue weighted by Crippen LogP contribution is -1.98. The van der Waals surface area contributed by atoms with E-state index in [2.05, 4.69) is 29.4 Å². The molecule has 84 valence electrons. The number of methoxy groups -OCH3 is 1. The van der Waals surface area contributed by atoms with Crippen molar-refractivity contribution in [3.63, 3.8) is 0 Å². The molecule has 1 heterocycles. The standard InChI is InChI=1S/C13H16N2O/c1-9-7-10-5-4-6-11(8-16-3)12(10)15-13(9)14-2/h4-7H,8H2,1-3H3,(H,14,15). The Kier molecular flexibility index (Phi) is 3.06. The van der Waals surface area contributed by atoms with Crippen LogP contribution < -0.4 is 5.32 Å². The number of fused-ring (bicyclic) bond motifs is 1. The van der Waals surface area contributed by atoms with Crippen molar-refractivity contribution >= 4 is 16.7 Å². The average molecular weight is 216 g/mol. The number of ether oxygens (including phenoxy) is 1. The lowest BCUT2D eigenvalue weighted by Gasteiger charge is -2.09. The molecule has 2 rings (SSSR count). The summed E-state index contributed by atoms with van der Waals surface area (Å²) in [5.41, 5.74) is 3.29. The van der Waals surface area contributed by atoms with E-state index in [0.29, 0.717) is 6.61 Å². The van der Waals surface area contributed by atoms with Crippen LogP contribution in [0, 0.1) is 6.92 Å². The number of hydrogen-bond acceptors (Lipinski definition) is 3. The van der Waals surface area contributed by atoms with Crippen molar-refractivity contribution < 1.29 is 4.74 Å². The highest BCUT2D eigenvalue weighted by Gasteiger charge is 2.05. The highest BCUT2D eigenvalue weighted by atomic mass is 16.5. The second-order valence-electron chi connectivity index (χ2n) is 3.83. The van der Waals surface area contributed by atoms with Gasteiger partial charge in [0, 0.05) is 25.1 Å². The number of nitrogens with one attached hydrogen (secondary N) is 1. The minimum absolute atomic E-state index is 0.594. The van der Waals surface area contributed by atoms with Crippen molar-refractivity contribution in [2.24, 2.45) is 0 Å². The summed E-state index contributed by atoms with van der Waals surface area (Å²) in [5, 5.41) is 4.26. The summed E-state index contributed by atoms with van der Waals surface area (Å²) < 4.78 is 5.18. The fraction of sp³-hybridized carbons (Fsp3) is 0.308. The quantitative estimate of drug-likeness (QED) is 0.856. The smallest absolute Gasteiger partial charge is 0.129 e. The van der Waals surface area contributed by atoms with Crippen LogP contribution >= 0.6 is 0 Å². The van der Waals surface area contributed by atoms with Crippen LogP contribution in [-0.2, 0) is 11.3 Å². The van der Waals surface area contributed by atoms with Gasteiger partial charge in [0.25, 0.3) is 0 Å². The van der Waals surface area contributed by atoms with E-state index in [1.165, 1.54) is 0 Å². The summed E-state index contributed by atoms with van der Waals surface area (Å²) in [6.45, 7) is 2.65. The van der Waals surface area contributed by atoms with Gasteiger partial charge in [-0.2, -0.15) is 0 Å². The SMILES string of the molecule is CNc1nc2c(COC)cccc2cc1C. The highest BCUT2D eigenvalue weighted by molar-refractivity contribution is 5.84. The third-order valence-corrected chi connectivity index (χ3v) is 2.66. The van der Waals surface area contributed by atoms with Crippen LogP contribution in [0.5, 0.6) is 0 Å². The lowest BCUT2D eigenvalue weighted by atomic mass is 10.1. The van der Waals surface area contributed by atoms with Gasteiger partial charge in [-0.1, -0.05) is 18.2 Å². The van der Waals surface area contributed by atoms with E-state index >= 15 is 0 Å². The predicted molar refractivity (Wildman–Crippen MR) is 66.7 cm³/mol. The predicted octanol–water partition coefficient (Wildman–Crippen LogP) is 2.73. The molecule has 1 N–H and O–H groups in total. The Labute approximate surface area is 95.5 Å². The molecule has 0 atom stereocenters. The van der Waals surface area contributed by atoms with Crippen LogP contribution in [0.25, 0.3) is 10.9 Å². The molecule has 0 fully saturated rings.